The average Bonchev–Trinajstić information content (AvgIpc) is 3.49. The van der Waals surface area contributed by atoms with E-state index in [1.54, 1.807) is 7.11 Å². The van der Waals surface area contributed by atoms with Gasteiger partial charge in [0.05, 0.1) is 13.2 Å². The maximum absolute atomic E-state index is 13.9. The first-order valence-electron chi connectivity index (χ1n) is 9.56. The van der Waals surface area contributed by atoms with Gasteiger partial charge in [-0.05, 0) is 53.1 Å². The highest BCUT2D eigenvalue weighted by Gasteiger charge is 2.64. The fourth-order valence-corrected chi connectivity index (χ4v) is 4.46. The molecule has 2 aromatic carbocycles. The SMILES string of the molecule is COc1ccc(N2C(=O)C(c3cc[nH]c3)(c3cc[nH]c3)[C@H]2c2ccccc2)cc1. The fourth-order valence-electron chi connectivity index (χ4n) is 4.46. The number of β-lactam (4-membered cyclic amide) rings is 1. The van der Waals surface area contributed by atoms with Gasteiger partial charge >= 0.3 is 0 Å². The molecule has 0 aliphatic carbocycles. The minimum absolute atomic E-state index is 0.0516. The molecule has 29 heavy (non-hydrogen) atoms. The second-order valence-corrected chi connectivity index (χ2v) is 7.19. The van der Waals surface area contributed by atoms with E-state index in [2.05, 4.69) is 22.1 Å². The molecule has 1 fully saturated rings. The molecule has 0 saturated carbocycles. The van der Waals surface area contributed by atoms with E-state index >= 15 is 0 Å². The minimum atomic E-state index is -0.790. The zero-order valence-corrected chi connectivity index (χ0v) is 16.0. The summed E-state index contributed by atoms with van der Waals surface area (Å²) in [5, 5.41) is 0. The molecule has 0 bridgehead atoms. The summed E-state index contributed by atoms with van der Waals surface area (Å²) in [5.41, 5.74) is 3.07. The lowest BCUT2D eigenvalue weighted by molar-refractivity contribution is -0.131. The molecule has 144 valence electrons. The Labute approximate surface area is 169 Å². The molecular formula is C24H21N3O2. The molecule has 4 aromatic rings. The van der Waals surface area contributed by atoms with E-state index in [1.807, 2.05) is 84.3 Å². The third kappa shape index (κ3) is 2.44. The molecule has 5 rings (SSSR count). The van der Waals surface area contributed by atoms with E-state index in [1.165, 1.54) is 0 Å². The van der Waals surface area contributed by atoms with Gasteiger partial charge in [0, 0.05) is 30.5 Å². The Morgan fingerprint density at radius 1 is 0.862 bits per heavy atom. The smallest absolute Gasteiger partial charge is 0.245 e. The minimum Gasteiger partial charge on any atom is -0.497 e. The van der Waals surface area contributed by atoms with Crippen LogP contribution in [0, 0.1) is 0 Å². The summed E-state index contributed by atoms with van der Waals surface area (Å²) in [7, 11) is 1.64. The number of nitrogens with one attached hydrogen (secondary N) is 2. The van der Waals surface area contributed by atoms with Gasteiger partial charge in [-0.1, -0.05) is 30.3 Å². The first-order valence-corrected chi connectivity index (χ1v) is 9.56. The van der Waals surface area contributed by atoms with Crippen LogP contribution in [0.2, 0.25) is 0 Å². The van der Waals surface area contributed by atoms with E-state index in [0.717, 1.165) is 28.1 Å². The number of methoxy groups -OCH3 is 1. The highest BCUT2D eigenvalue weighted by molar-refractivity contribution is 6.12. The third-order valence-electron chi connectivity index (χ3n) is 5.80. The first-order chi connectivity index (χ1) is 14.3. The van der Waals surface area contributed by atoms with Gasteiger partial charge in [-0.15, -0.1) is 0 Å². The van der Waals surface area contributed by atoms with Crippen molar-refractivity contribution in [3.63, 3.8) is 0 Å². The molecule has 2 aromatic heterocycles. The average molecular weight is 383 g/mol. The van der Waals surface area contributed by atoms with Crippen LogP contribution in [-0.2, 0) is 10.2 Å². The van der Waals surface area contributed by atoms with Crippen LogP contribution in [0.3, 0.4) is 0 Å². The summed E-state index contributed by atoms with van der Waals surface area (Å²) in [6.45, 7) is 0. The van der Waals surface area contributed by atoms with Gasteiger partial charge in [-0.3, -0.25) is 4.79 Å². The van der Waals surface area contributed by atoms with Crippen molar-refractivity contribution in [2.24, 2.45) is 0 Å². The van der Waals surface area contributed by atoms with E-state index in [9.17, 15) is 4.79 Å². The summed E-state index contributed by atoms with van der Waals surface area (Å²) in [4.78, 5) is 22.0. The molecular weight excluding hydrogens is 362 g/mol. The maximum Gasteiger partial charge on any atom is 0.245 e. The van der Waals surface area contributed by atoms with Crippen molar-refractivity contribution in [2.75, 3.05) is 12.0 Å². The Morgan fingerprint density at radius 2 is 1.48 bits per heavy atom. The Hall–Kier alpha value is -3.73. The van der Waals surface area contributed by atoms with Gasteiger partial charge in [0.1, 0.15) is 11.2 Å². The van der Waals surface area contributed by atoms with Gasteiger partial charge in [0.25, 0.3) is 0 Å². The Kier molecular flexibility index (Phi) is 4.02. The zero-order valence-electron chi connectivity index (χ0n) is 16.0. The van der Waals surface area contributed by atoms with Crippen molar-refractivity contribution >= 4 is 11.6 Å². The van der Waals surface area contributed by atoms with Crippen molar-refractivity contribution in [2.45, 2.75) is 11.5 Å². The van der Waals surface area contributed by atoms with Gasteiger partial charge in [-0.25, -0.2) is 0 Å². The predicted octanol–water partition coefficient (Wildman–Crippen LogP) is 4.43. The highest BCUT2D eigenvalue weighted by atomic mass is 16.5. The van der Waals surface area contributed by atoms with E-state index < -0.39 is 5.41 Å². The van der Waals surface area contributed by atoms with Gasteiger partial charge in [-0.2, -0.15) is 0 Å². The molecule has 0 unspecified atom stereocenters. The number of carbonyl (C=O) groups is 1. The number of H-pyrrole nitrogens is 2. The van der Waals surface area contributed by atoms with E-state index in [-0.39, 0.29) is 11.9 Å². The van der Waals surface area contributed by atoms with Crippen molar-refractivity contribution < 1.29 is 9.53 Å². The number of carbonyl (C=O) groups excluding carboxylic acids is 1. The molecule has 1 saturated heterocycles. The zero-order chi connectivity index (χ0) is 19.8. The Bertz CT molecular complexity index is 1070. The largest absolute Gasteiger partial charge is 0.497 e. The van der Waals surface area contributed by atoms with Crippen LogP contribution in [0.15, 0.2) is 91.5 Å². The topological polar surface area (TPSA) is 61.1 Å². The number of anilines is 1. The fraction of sp³-hybridized carbons (Fsp3) is 0.125. The monoisotopic (exact) mass is 383 g/mol. The summed E-state index contributed by atoms with van der Waals surface area (Å²) < 4.78 is 5.29. The van der Waals surface area contributed by atoms with Crippen LogP contribution in [0.1, 0.15) is 22.7 Å². The van der Waals surface area contributed by atoms with Gasteiger partial charge < -0.3 is 19.6 Å². The van der Waals surface area contributed by atoms with Crippen LogP contribution >= 0.6 is 0 Å². The molecule has 3 heterocycles. The van der Waals surface area contributed by atoms with Crippen LogP contribution in [0.5, 0.6) is 5.75 Å². The Morgan fingerprint density at radius 3 is 2.00 bits per heavy atom. The molecule has 2 N–H and O–H groups in total. The number of nitrogens with zero attached hydrogens (tertiary/aromatic N) is 1. The Balaban J connectivity index is 1.71. The van der Waals surface area contributed by atoms with Crippen LogP contribution in [-0.4, -0.2) is 23.0 Å². The quantitative estimate of drug-likeness (QED) is 0.501. The normalized spacial score (nSPS) is 17.8. The van der Waals surface area contributed by atoms with Crippen molar-refractivity contribution in [3.8, 4) is 5.75 Å². The van der Waals surface area contributed by atoms with Gasteiger partial charge in [0.15, 0.2) is 0 Å². The standard InChI is InChI=1S/C24H21N3O2/c1-29-21-9-7-20(8-10-21)27-22(17-5-3-2-4-6-17)24(23(27)28,18-11-13-25-15-18)19-12-14-26-16-19/h2-16,22,25-26H,1H3/t22-/m1/s1. The lowest BCUT2D eigenvalue weighted by Crippen LogP contribution is -2.67. The maximum atomic E-state index is 13.9. The van der Waals surface area contributed by atoms with E-state index in [4.69, 9.17) is 4.74 Å². The van der Waals surface area contributed by atoms with Crippen molar-refractivity contribution in [1.29, 1.82) is 0 Å². The van der Waals surface area contributed by atoms with Crippen molar-refractivity contribution in [1.82, 2.24) is 9.97 Å². The third-order valence-corrected chi connectivity index (χ3v) is 5.80. The van der Waals surface area contributed by atoms with Crippen molar-refractivity contribution in [3.05, 3.63) is 108 Å². The number of amides is 1. The molecule has 5 heteroatoms. The van der Waals surface area contributed by atoms with E-state index in [0.29, 0.717) is 0 Å². The van der Waals surface area contributed by atoms with Crippen LogP contribution in [0.25, 0.3) is 0 Å². The number of benzene rings is 2. The number of rotatable bonds is 5. The molecule has 1 atom stereocenters. The molecule has 0 radical (unpaired) electrons. The first kappa shape index (κ1) is 17.4. The lowest BCUT2D eigenvalue weighted by atomic mass is 9.60. The second-order valence-electron chi connectivity index (χ2n) is 7.19. The number of hydrogen-bond acceptors (Lipinski definition) is 2. The van der Waals surface area contributed by atoms with Gasteiger partial charge in [0.2, 0.25) is 5.91 Å². The summed E-state index contributed by atoms with van der Waals surface area (Å²) in [6.07, 6.45) is 7.59. The van der Waals surface area contributed by atoms with Crippen LogP contribution in [0.4, 0.5) is 5.69 Å². The highest BCUT2D eigenvalue weighted by Crippen LogP contribution is 2.57. The summed E-state index contributed by atoms with van der Waals surface area (Å²) in [6, 6.07) is 21.7. The van der Waals surface area contributed by atoms with Crippen LogP contribution < -0.4 is 9.64 Å². The second kappa shape index (κ2) is 6.71. The molecule has 0 spiro atoms. The summed E-state index contributed by atoms with van der Waals surface area (Å²) in [5.74, 6) is 0.816. The predicted molar refractivity (Wildman–Crippen MR) is 112 cm³/mol. The molecule has 1 aliphatic rings. The lowest BCUT2D eigenvalue weighted by Gasteiger charge is -2.56. The summed E-state index contributed by atoms with van der Waals surface area (Å²) >= 11 is 0. The number of aromatic amines is 2. The number of aromatic nitrogens is 2. The molecule has 1 aliphatic heterocycles. The molecule has 5 nitrogen and oxygen atoms in total. The number of ether oxygens (including phenoxy) is 1. The molecule has 1 amide bonds. The number of hydrogen-bond donors (Lipinski definition) is 2.